The SMILES string of the molecule is CC1CCCCC1n1c(SCC(=O)Nc2ccon2)nnc1-c1cccnc1. The highest BCUT2D eigenvalue weighted by Crippen LogP contribution is 2.38. The van der Waals surface area contributed by atoms with Crippen LogP contribution in [0.25, 0.3) is 11.4 Å². The molecule has 1 aliphatic rings. The van der Waals surface area contributed by atoms with E-state index in [-0.39, 0.29) is 11.7 Å². The molecular formula is C19H22N6O2S. The first kappa shape index (κ1) is 18.7. The maximum Gasteiger partial charge on any atom is 0.236 e. The van der Waals surface area contributed by atoms with Crippen LogP contribution in [0.1, 0.15) is 38.6 Å². The van der Waals surface area contributed by atoms with E-state index in [9.17, 15) is 4.79 Å². The predicted molar refractivity (Wildman–Crippen MR) is 106 cm³/mol. The summed E-state index contributed by atoms with van der Waals surface area (Å²) in [6, 6.07) is 5.82. The summed E-state index contributed by atoms with van der Waals surface area (Å²) >= 11 is 1.39. The zero-order chi connectivity index (χ0) is 19.3. The Morgan fingerprint density at radius 1 is 1.32 bits per heavy atom. The second-order valence-corrected chi connectivity index (χ2v) is 7.91. The molecule has 3 aromatic rings. The maximum absolute atomic E-state index is 12.2. The number of hydrogen-bond donors (Lipinski definition) is 1. The molecule has 0 aliphatic heterocycles. The van der Waals surface area contributed by atoms with Crippen LogP contribution in [0.2, 0.25) is 0 Å². The third-order valence-corrected chi connectivity index (χ3v) is 5.96. The van der Waals surface area contributed by atoms with Gasteiger partial charge < -0.3 is 9.84 Å². The van der Waals surface area contributed by atoms with E-state index < -0.39 is 0 Å². The Hall–Kier alpha value is -2.68. The minimum atomic E-state index is -0.159. The topological polar surface area (TPSA) is 98.7 Å². The standard InChI is InChI=1S/C19H22N6O2S/c1-13-5-2-3-7-15(13)25-18(14-6-4-9-20-11-14)22-23-19(25)28-12-17(26)21-16-8-10-27-24-16/h4,6,8-11,13,15H,2-3,5,7,12H2,1H3,(H,21,24,26). The minimum absolute atomic E-state index is 0.159. The molecule has 2 atom stereocenters. The first-order valence-corrected chi connectivity index (χ1v) is 10.4. The number of nitrogens with zero attached hydrogens (tertiary/aromatic N) is 5. The van der Waals surface area contributed by atoms with Crippen LogP contribution >= 0.6 is 11.8 Å². The van der Waals surface area contributed by atoms with Gasteiger partial charge in [0, 0.05) is 30.1 Å². The van der Waals surface area contributed by atoms with Gasteiger partial charge >= 0.3 is 0 Å². The van der Waals surface area contributed by atoms with Gasteiger partial charge in [0.2, 0.25) is 5.91 Å². The van der Waals surface area contributed by atoms with Crippen molar-refractivity contribution in [3.05, 3.63) is 36.9 Å². The monoisotopic (exact) mass is 398 g/mol. The van der Waals surface area contributed by atoms with Crippen molar-refractivity contribution in [2.45, 2.75) is 43.8 Å². The first-order valence-electron chi connectivity index (χ1n) is 9.40. The molecule has 0 saturated heterocycles. The lowest BCUT2D eigenvalue weighted by Crippen LogP contribution is -2.23. The van der Waals surface area contributed by atoms with E-state index >= 15 is 0 Å². The molecule has 1 fully saturated rings. The summed E-state index contributed by atoms with van der Waals surface area (Å²) in [6.45, 7) is 2.28. The van der Waals surface area contributed by atoms with Crippen LogP contribution in [0.15, 0.2) is 46.5 Å². The lowest BCUT2D eigenvalue weighted by molar-refractivity contribution is -0.113. The van der Waals surface area contributed by atoms with Crippen molar-refractivity contribution in [3.63, 3.8) is 0 Å². The summed E-state index contributed by atoms with van der Waals surface area (Å²) in [5.74, 6) is 1.81. The highest BCUT2D eigenvalue weighted by molar-refractivity contribution is 7.99. The molecule has 2 unspecified atom stereocenters. The number of rotatable bonds is 6. The van der Waals surface area contributed by atoms with Crippen LogP contribution in [0.5, 0.6) is 0 Å². The largest absolute Gasteiger partial charge is 0.363 e. The Bertz CT molecular complexity index is 912. The summed E-state index contributed by atoms with van der Waals surface area (Å²) in [6.07, 6.45) is 9.69. The Labute approximate surface area is 167 Å². The highest BCUT2D eigenvalue weighted by atomic mass is 32.2. The van der Waals surface area contributed by atoms with Gasteiger partial charge in [-0.15, -0.1) is 10.2 Å². The lowest BCUT2D eigenvalue weighted by Gasteiger charge is -2.31. The summed E-state index contributed by atoms with van der Waals surface area (Å²) in [5, 5.41) is 16.0. The Morgan fingerprint density at radius 3 is 2.96 bits per heavy atom. The number of carbonyl (C=O) groups is 1. The molecule has 3 heterocycles. The van der Waals surface area contributed by atoms with Crippen LogP contribution in [-0.2, 0) is 4.79 Å². The highest BCUT2D eigenvalue weighted by Gasteiger charge is 2.29. The van der Waals surface area contributed by atoms with E-state index in [0.29, 0.717) is 17.8 Å². The quantitative estimate of drug-likeness (QED) is 0.630. The smallest absolute Gasteiger partial charge is 0.236 e. The lowest BCUT2D eigenvalue weighted by atomic mass is 9.85. The third-order valence-electron chi connectivity index (χ3n) is 5.02. The van der Waals surface area contributed by atoms with Crippen molar-refractivity contribution in [2.24, 2.45) is 5.92 Å². The number of nitrogens with one attached hydrogen (secondary N) is 1. The van der Waals surface area contributed by atoms with Crippen molar-refractivity contribution in [1.29, 1.82) is 0 Å². The second-order valence-electron chi connectivity index (χ2n) is 6.97. The van der Waals surface area contributed by atoms with Gasteiger partial charge in [0.1, 0.15) is 6.26 Å². The Kier molecular flexibility index (Phi) is 5.70. The number of hydrogen-bond acceptors (Lipinski definition) is 7. The van der Waals surface area contributed by atoms with E-state index in [1.165, 1.54) is 37.3 Å². The van der Waals surface area contributed by atoms with Crippen molar-refractivity contribution >= 4 is 23.5 Å². The summed E-state index contributed by atoms with van der Waals surface area (Å²) < 4.78 is 6.94. The van der Waals surface area contributed by atoms with Crippen LogP contribution in [0.4, 0.5) is 5.82 Å². The number of carbonyl (C=O) groups excluding carboxylic acids is 1. The zero-order valence-electron chi connectivity index (χ0n) is 15.6. The molecule has 1 saturated carbocycles. The van der Waals surface area contributed by atoms with Crippen LogP contribution in [-0.4, -0.2) is 36.6 Å². The third kappa shape index (κ3) is 4.09. The molecule has 8 nitrogen and oxygen atoms in total. The summed E-state index contributed by atoms with van der Waals surface area (Å²) in [7, 11) is 0. The van der Waals surface area contributed by atoms with Gasteiger partial charge in [-0.25, -0.2) is 0 Å². The predicted octanol–water partition coefficient (Wildman–Crippen LogP) is 3.81. The molecule has 0 spiro atoms. The minimum Gasteiger partial charge on any atom is -0.363 e. The van der Waals surface area contributed by atoms with Gasteiger partial charge in [-0.05, 0) is 30.9 Å². The van der Waals surface area contributed by atoms with Crippen molar-refractivity contribution in [3.8, 4) is 11.4 Å². The number of amides is 1. The average molecular weight is 398 g/mol. The number of pyridine rings is 1. The fraction of sp³-hybridized carbons (Fsp3) is 0.421. The van der Waals surface area contributed by atoms with Crippen molar-refractivity contribution in [2.75, 3.05) is 11.1 Å². The van der Waals surface area contributed by atoms with Gasteiger partial charge in [-0.3, -0.25) is 14.3 Å². The summed E-state index contributed by atoms with van der Waals surface area (Å²) in [4.78, 5) is 16.5. The molecule has 1 amide bonds. The van der Waals surface area contributed by atoms with Gasteiger partial charge in [0.05, 0.1) is 5.75 Å². The van der Waals surface area contributed by atoms with E-state index in [4.69, 9.17) is 4.52 Å². The van der Waals surface area contributed by atoms with Crippen molar-refractivity contribution < 1.29 is 9.32 Å². The molecule has 1 N–H and O–H groups in total. The molecule has 0 aromatic carbocycles. The molecule has 0 bridgehead atoms. The van der Waals surface area contributed by atoms with Crippen LogP contribution < -0.4 is 5.32 Å². The molecule has 4 rings (SSSR count). The molecule has 0 radical (unpaired) electrons. The van der Waals surface area contributed by atoms with E-state index in [2.05, 4.69) is 37.1 Å². The average Bonchev–Trinajstić information content (AvgIpc) is 3.37. The van der Waals surface area contributed by atoms with Gasteiger partial charge in [0.25, 0.3) is 0 Å². The van der Waals surface area contributed by atoms with E-state index in [0.717, 1.165) is 23.0 Å². The molecule has 146 valence electrons. The number of anilines is 1. The second kappa shape index (κ2) is 8.55. The van der Waals surface area contributed by atoms with Gasteiger partial charge in [0.15, 0.2) is 16.8 Å². The Balaban J connectivity index is 1.57. The molecule has 1 aliphatic carbocycles. The number of aromatic nitrogens is 5. The van der Waals surface area contributed by atoms with Gasteiger partial charge in [-0.2, -0.15) is 0 Å². The molecule has 28 heavy (non-hydrogen) atoms. The Morgan fingerprint density at radius 2 is 2.21 bits per heavy atom. The fourth-order valence-electron chi connectivity index (χ4n) is 3.63. The molecular weight excluding hydrogens is 376 g/mol. The zero-order valence-corrected chi connectivity index (χ0v) is 16.4. The van der Waals surface area contributed by atoms with Crippen LogP contribution in [0, 0.1) is 5.92 Å². The normalized spacial score (nSPS) is 19.5. The van der Waals surface area contributed by atoms with Crippen LogP contribution in [0.3, 0.4) is 0 Å². The summed E-state index contributed by atoms with van der Waals surface area (Å²) in [5.41, 5.74) is 0.937. The first-order chi connectivity index (χ1) is 13.7. The molecule has 9 heteroatoms. The fourth-order valence-corrected chi connectivity index (χ4v) is 4.42. The number of thioether (sulfide) groups is 1. The van der Waals surface area contributed by atoms with E-state index in [1.54, 1.807) is 18.5 Å². The van der Waals surface area contributed by atoms with Gasteiger partial charge in [-0.1, -0.05) is 36.7 Å². The van der Waals surface area contributed by atoms with E-state index in [1.807, 2.05) is 12.1 Å². The maximum atomic E-state index is 12.2. The molecule has 3 aromatic heterocycles. The van der Waals surface area contributed by atoms with Crippen molar-refractivity contribution in [1.82, 2.24) is 24.9 Å².